The minimum absolute atomic E-state index is 0.201. The van der Waals surface area contributed by atoms with Gasteiger partial charge in [0.1, 0.15) is 35.1 Å². The molecule has 2 heterocycles. The number of carbonyl (C=O) groups is 1. The molecule has 0 amide bonds. The Morgan fingerprint density at radius 1 is 1.02 bits per heavy atom. The van der Waals surface area contributed by atoms with Crippen molar-refractivity contribution >= 4 is 5.97 Å². The lowest BCUT2D eigenvalue weighted by Gasteiger charge is -2.60. The maximum Gasteiger partial charge on any atom is 0.338 e. The van der Waals surface area contributed by atoms with Gasteiger partial charge in [0, 0.05) is 17.4 Å². The summed E-state index contributed by atoms with van der Waals surface area (Å²) in [7, 11) is 0. The molecule has 7 rings (SSSR count). The molecule has 3 bridgehead atoms. The molecule has 0 spiro atoms. The van der Waals surface area contributed by atoms with Crippen molar-refractivity contribution in [2.75, 3.05) is 6.61 Å². The lowest BCUT2D eigenvalue weighted by Crippen LogP contribution is -2.73. The third-order valence-electron chi connectivity index (χ3n) is 11.4. The van der Waals surface area contributed by atoms with Gasteiger partial charge >= 0.3 is 11.9 Å². The lowest BCUT2D eigenvalue weighted by atomic mass is 9.53. The molecular formula is C34H40O10. The molecule has 5 fully saturated rings. The molecule has 0 aromatic heterocycles. The first-order valence-corrected chi connectivity index (χ1v) is 15.3. The van der Waals surface area contributed by atoms with Crippen molar-refractivity contribution in [3.63, 3.8) is 0 Å². The van der Waals surface area contributed by atoms with E-state index in [0.29, 0.717) is 17.6 Å². The second-order valence-electron chi connectivity index (χ2n) is 13.7. The third-order valence-corrected chi connectivity index (χ3v) is 11.4. The van der Waals surface area contributed by atoms with Gasteiger partial charge in [-0.1, -0.05) is 69.0 Å². The average Bonchev–Trinajstić information content (AvgIpc) is 3.40. The number of fused-ring (bicyclic) bond motifs is 2. The Morgan fingerprint density at radius 2 is 1.66 bits per heavy atom. The molecule has 0 radical (unpaired) electrons. The highest BCUT2D eigenvalue weighted by atomic mass is 16.9. The fourth-order valence-electron chi connectivity index (χ4n) is 9.37. The average molecular weight is 609 g/mol. The van der Waals surface area contributed by atoms with Crippen LogP contribution in [0.5, 0.6) is 0 Å². The van der Waals surface area contributed by atoms with Gasteiger partial charge in [0.05, 0.1) is 23.9 Å². The zero-order valence-electron chi connectivity index (χ0n) is 25.0. The van der Waals surface area contributed by atoms with Gasteiger partial charge < -0.3 is 44.5 Å². The SMILES string of the molecule is C=C(C)[C@@]12C[C@@H](C)[C@@]34O[C@](c5ccccc5)(O[C@@H]1[C@@H]3[C@H](O)[C@](O)(CO)[C@@H](O)[C@]1(O)[C@@H](OC(=O)c3ccccc3)[C@H](C)C[C@@H]14)O2. The molecule has 10 heteroatoms. The number of hydrogen-bond acceptors (Lipinski definition) is 10. The van der Waals surface area contributed by atoms with Crippen LogP contribution in [0.3, 0.4) is 0 Å². The number of carbonyl (C=O) groups excluding carboxylic acids is 1. The zero-order chi connectivity index (χ0) is 31.4. The van der Waals surface area contributed by atoms with E-state index in [1.807, 2.05) is 32.0 Å². The van der Waals surface area contributed by atoms with Crippen LogP contribution in [0.15, 0.2) is 72.8 Å². The van der Waals surface area contributed by atoms with Gasteiger partial charge in [-0.25, -0.2) is 4.79 Å². The number of rotatable bonds is 5. The van der Waals surface area contributed by atoms with Crippen molar-refractivity contribution in [2.45, 2.75) is 86.4 Å². The van der Waals surface area contributed by atoms with Gasteiger partial charge in [0.15, 0.2) is 0 Å². The predicted octanol–water partition coefficient (Wildman–Crippen LogP) is 2.02. The highest BCUT2D eigenvalue weighted by Gasteiger charge is 2.85. The lowest BCUT2D eigenvalue weighted by molar-refractivity contribution is -0.446. The Hall–Kier alpha value is -2.67. The summed E-state index contributed by atoms with van der Waals surface area (Å²) in [6.07, 6.45) is -5.71. The van der Waals surface area contributed by atoms with Gasteiger partial charge in [-0.05, 0) is 49.3 Å². The molecule has 5 aliphatic rings. The van der Waals surface area contributed by atoms with Crippen LogP contribution in [-0.2, 0) is 24.9 Å². The molecule has 3 aliphatic carbocycles. The van der Waals surface area contributed by atoms with Gasteiger partial charge in [-0.2, -0.15) is 0 Å². The summed E-state index contributed by atoms with van der Waals surface area (Å²) in [5, 5.41) is 59.7. The van der Waals surface area contributed by atoms with Gasteiger partial charge in [-0.3, -0.25) is 0 Å². The molecule has 3 saturated carbocycles. The van der Waals surface area contributed by atoms with Gasteiger partial charge in [0.2, 0.25) is 0 Å². The van der Waals surface area contributed by atoms with E-state index in [1.54, 1.807) is 49.4 Å². The normalized spacial score (nSPS) is 48.7. The van der Waals surface area contributed by atoms with E-state index in [9.17, 15) is 30.3 Å². The smallest absolute Gasteiger partial charge is 0.338 e. The fraction of sp³-hybridized carbons (Fsp3) is 0.559. The summed E-state index contributed by atoms with van der Waals surface area (Å²) in [6.45, 7) is 8.67. The summed E-state index contributed by atoms with van der Waals surface area (Å²) in [4.78, 5) is 13.4. The van der Waals surface area contributed by atoms with Crippen molar-refractivity contribution in [1.29, 1.82) is 0 Å². The summed E-state index contributed by atoms with van der Waals surface area (Å²) in [6, 6.07) is 17.4. The van der Waals surface area contributed by atoms with E-state index < -0.39 is 89.0 Å². The molecule has 236 valence electrons. The molecule has 2 aliphatic heterocycles. The first-order valence-electron chi connectivity index (χ1n) is 15.3. The van der Waals surface area contributed by atoms with E-state index in [-0.39, 0.29) is 12.0 Å². The van der Waals surface area contributed by atoms with Crippen LogP contribution in [0.25, 0.3) is 0 Å². The van der Waals surface area contributed by atoms with Gasteiger partial charge in [-0.15, -0.1) is 0 Å². The van der Waals surface area contributed by atoms with Crippen molar-refractivity contribution in [3.8, 4) is 0 Å². The van der Waals surface area contributed by atoms with E-state index in [4.69, 9.17) is 18.9 Å². The van der Waals surface area contributed by atoms with Crippen molar-refractivity contribution in [1.82, 2.24) is 0 Å². The Balaban J connectivity index is 1.45. The monoisotopic (exact) mass is 608 g/mol. The van der Waals surface area contributed by atoms with E-state index >= 15 is 0 Å². The quantitative estimate of drug-likeness (QED) is 0.252. The molecule has 2 aromatic rings. The van der Waals surface area contributed by atoms with E-state index in [1.165, 1.54) is 0 Å². The molecule has 2 aromatic carbocycles. The molecule has 10 nitrogen and oxygen atoms in total. The van der Waals surface area contributed by atoms with Crippen LogP contribution in [-0.4, -0.2) is 84.9 Å². The maximum absolute atomic E-state index is 13.4. The fourth-order valence-corrected chi connectivity index (χ4v) is 9.37. The van der Waals surface area contributed by atoms with Gasteiger partial charge in [0.25, 0.3) is 0 Å². The molecule has 0 unspecified atom stereocenters. The zero-order valence-corrected chi connectivity index (χ0v) is 25.0. The van der Waals surface area contributed by atoms with Crippen LogP contribution < -0.4 is 0 Å². The maximum atomic E-state index is 13.4. The van der Waals surface area contributed by atoms with E-state index in [0.717, 1.165) is 0 Å². The number of hydrogen-bond donors (Lipinski definition) is 5. The molecular weight excluding hydrogens is 568 g/mol. The van der Waals surface area contributed by atoms with Crippen LogP contribution in [0.2, 0.25) is 0 Å². The number of ether oxygens (including phenoxy) is 4. The van der Waals surface area contributed by atoms with Crippen molar-refractivity contribution in [2.24, 2.45) is 23.7 Å². The highest BCUT2D eigenvalue weighted by molar-refractivity contribution is 5.89. The van der Waals surface area contributed by atoms with Crippen LogP contribution in [0.4, 0.5) is 0 Å². The summed E-state index contributed by atoms with van der Waals surface area (Å²) in [5.41, 5.74) is -6.22. The standard InChI is InChI=1S/C34H40O10/c1-18(2)31-16-20(4)33-23-15-19(3)26(41-28(37)21-11-7-5-8-12-21)32(23,40)29(38)30(39,17-35)25(36)24(33)27(31)42-34(43-31,44-33)22-13-9-6-10-14-22/h5-14,19-20,23-27,29,35-36,38-40H,1,15-17H2,2-4H3/t19-,20-,23+,24+,25+,26+,27-,29-,30-,31+,32-,33+,34-/m1/s1. The van der Waals surface area contributed by atoms with E-state index in [2.05, 4.69) is 6.58 Å². The summed E-state index contributed by atoms with van der Waals surface area (Å²) < 4.78 is 26.5. The second kappa shape index (κ2) is 9.67. The first kappa shape index (κ1) is 30.0. The number of esters is 1. The Morgan fingerprint density at radius 3 is 2.27 bits per heavy atom. The first-order chi connectivity index (χ1) is 20.8. The molecule has 44 heavy (non-hydrogen) atoms. The summed E-state index contributed by atoms with van der Waals surface area (Å²) >= 11 is 0. The Bertz CT molecular complexity index is 1470. The molecule has 13 atom stereocenters. The third kappa shape index (κ3) is 3.51. The van der Waals surface area contributed by atoms with Crippen molar-refractivity contribution < 1.29 is 49.3 Å². The minimum Gasteiger partial charge on any atom is -0.455 e. The van der Waals surface area contributed by atoms with Crippen LogP contribution in [0.1, 0.15) is 49.5 Å². The second-order valence-corrected chi connectivity index (χ2v) is 13.7. The molecule has 5 N–H and O–H groups in total. The predicted molar refractivity (Wildman–Crippen MR) is 155 cm³/mol. The Labute approximate surface area is 255 Å². The van der Waals surface area contributed by atoms with Crippen LogP contribution in [0, 0.1) is 23.7 Å². The van der Waals surface area contributed by atoms with Crippen molar-refractivity contribution in [3.05, 3.63) is 83.9 Å². The topological polar surface area (TPSA) is 155 Å². The molecule has 2 saturated heterocycles. The largest absolute Gasteiger partial charge is 0.455 e. The van der Waals surface area contributed by atoms with Crippen LogP contribution >= 0.6 is 0 Å². The number of aliphatic hydroxyl groups excluding tert-OH is 3. The highest BCUT2D eigenvalue weighted by Crippen LogP contribution is 2.72. The minimum atomic E-state index is -2.65. The number of benzene rings is 2. The Kier molecular flexibility index (Phi) is 6.59. The number of aliphatic hydroxyl groups is 5. The summed E-state index contributed by atoms with van der Waals surface area (Å²) in [5.74, 6) is -5.54.